The summed E-state index contributed by atoms with van der Waals surface area (Å²) >= 11 is 0. The number of rotatable bonds is 5. The second kappa shape index (κ2) is 8.67. The SMILES string of the molecule is CNc1ncc(-c2cc(N3CCOCC3)cc(S(=O)(=O)C3CCCCC3)c2)cn1. The molecule has 1 aromatic carbocycles. The minimum atomic E-state index is -3.38. The van der Waals surface area contributed by atoms with Gasteiger partial charge in [-0.2, -0.15) is 0 Å². The van der Waals surface area contributed by atoms with Crippen LogP contribution in [0.3, 0.4) is 0 Å². The standard InChI is InChI=1S/C21H28N4O3S/c1-22-21-23-14-17(15-24-21)16-11-18(25-7-9-28-10-8-25)13-20(12-16)29(26,27)19-5-3-2-4-6-19/h11-15,19H,2-10H2,1H3,(H,22,23,24). The first-order valence-electron chi connectivity index (χ1n) is 10.3. The molecule has 29 heavy (non-hydrogen) atoms. The Morgan fingerprint density at radius 1 is 1.00 bits per heavy atom. The van der Waals surface area contributed by atoms with Crippen molar-refractivity contribution in [2.24, 2.45) is 0 Å². The molecule has 1 saturated heterocycles. The van der Waals surface area contributed by atoms with E-state index in [4.69, 9.17) is 4.74 Å². The Morgan fingerprint density at radius 2 is 1.69 bits per heavy atom. The van der Waals surface area contributed by atoms with Crippen LogP contribution in [-0.4, -0.2) is 57.0 Å². The average Bonchev–Trinajstić information content (AvgIpc) is 2.80. The second-order valence-corrected chi connectivity index (χ2v) is 9.89. The number of sulfone groups is 1. The Kier molecular flexibility index (Phi) is 6.01. The molecule has 2 heterocycles. The molecule has 2 fully saturated rings. The number of nitrogens with one attached hydrogen (secondary N) is 1. The minimum absolute atomic E-state index is 0.285. The third kappa shape index (κ3) is 4.38. The molecule has 0 bridgehead atoms. The van der Waals surface area contributed by atoms with E-state index in [1.807, 2.05) is 12.1 Å². The molecule has 0 atom stereocenters. The van der Waals surface area contributed by atoms with E-state index in [1.165, 1.54) is 0 Å². The number of hydrogen-bond donors (Lipinski definition) is 1. The van der Waals surface area contributed by atoms with Crippen LogP contribution >= 0.6 is 0 Å². The summed E-state index contributed by atoms with van der Waals surface area (Å²) in [7, 11) is -1.61. The highest BCUT2D eigenvalue weighted by Gasteiger charge is 2.30. The molecule has 0 amide bonds. The minimum Gasteiger partial charge on any atom is -0.378 e. The van der Waals surface area contributed by atoms with Crippen molar-refractivity contribution in [2.75, 3.05) is 43.6 Å². The summed E-state index contributed by atoms with van der Waals surface area (Å²) in [6.07, 6.45) is 8.06. The molecule has 0 unspecified atom stereocenters. The van der Waals surface area contributed by atoms with Gasteiger partial charge < -0.3 is 15.0 Å². The molecule has 1 aliphatic heterocycles. The highest BCUT2D eigenvalue weighted by Crippen LogP contribution is 2.34. The van der Waals surface area contributed by atoms with E-state index in [0.717, 1.165) is 62.0 Å². The lowest BCUT2D eigenvalue weighted by molar-refractivity contribution is 0.122. The summed E-state index contributed by atoms with van der Waals surface area (Å²) in [6.45, 7) is 2.80. The Bertz CT molecular complexity index is 935. The van der Waals surface area contributed by atoms with Crippen molar-refractivity contribution in [2.45, 2.75) is 42.2 Å². The number of aromatic nitrogens is 2. The van der Waals surface area contributed by atoms with Crippen molar-refractivity contribution in [3.05, 3.63) is 30.6 Å². The van der Waals surface area contributed by atoms with Gasteiger partial charge in [0.05, 0.1) is 23.4 Å². The number of benzene rings is 1. The Morgan fingerprint density at radius 3 is 2.34 bits per heavy atom. The predicted molar refractivity (Wildman–Crippen MR) is 114 cm³/mol. The Balaban J connectivity index is 1.76. The molecule has 8 heteroatoms. The highest BCUT2D eigenvalue weighted by molar-refractivity contribution is 7.92. The van der Waals surface area contributed by atoms with Gasteiger partial charge in [-0.1, -0.05) is 19.3 Å². The molecule has 0 spiro atoms. The lowest BCUT2D eigenvalue weighted by Gasteiger charge is -2.30. The predicted octanol–water partition coefficient (Wildman–Crippen LogP) is 3.13. The van der Waals surface area contributed by atoms with Gasteiger partial charge in [-0.15, -0.1) is 0 Å². The Labute approximate surface area is 172 Å². The molecule has 0 radical (unpaired) electrons. The van der Waals surface area contributed by atoms with E-state index in [2.05, 4.69) is 20.2 Å². The summed E-state index contributed by atoms with van der Waals surface area (Å²) in [5.74, 6) is 0.535. The molecule has 156 valence electrons. The third-order valence-corrected chi connectivity index (χ3v) is 8.04. The molecule has 1 saturated carbocycles. The number of hydrogen-bond acceptors (Lipinski definition) is 7. The van der Waals surface area contributed by atoms with Crippen LogP contribution in [0.5, 0.6) is 0 Å². The molecule has 1 aliphatic carbocycles. The van der Waals surface area contributed by atoms with Gasteiger partial charge in [0.25, 0.3) is 0 Å². The summed E-state index contributed by atoms with van der Waals surface area (Å²) in [5, 5.41) is 2.62. The normalized spacial score (nSPS) is 18.6. The van der Waals surface area contributed by atoms with E-state index in [9.17, 15) is 8.42 Å². The largest absolute Gasteiger partial charge is 0.378 e. The third-order valence-electron chi connectivity index (χ3n) is 5.80. The molecule has 2 aromatic rings. The highest BCUT2D eigenvalue weighted by atomic mass is 32.2. The zero-order valence-corrected chi connectivity index (χ0v) is 17.6. The lowest BCUT2D eigenvalue weighted by Crippen LogP contribution is -2.36. The van der Waals surface area contributed by atoms with Gasteiger partial charge in [0.2, 0.25) is 5.95 Å². The zero-order valence-electron chi connectivity index (χ0n) is 16.8. The molecular weight excluding hydrogens is 388 g/mol. The van der Waals surface area contributed by atoms with Crippen molar-refractivity contribution < 1.29 is 13.2 Å². The monoisotopic (exact) mass is 416 g/mol. The van der Waals surface area contributed by atoms with Crippen LogP contribution in [0.1, 0.15) is 32.1 Å². The Hall–Kier alpha value is -2.19. The number of anilines is 2. The van der Waals surface area contributed by atoms with Gasteiger partial charge in [0, 0.05) is 43.8 Å². The van der Waals surface area contributed by atoms with E-state index in [-0.39, 0.29) is 5.25 Å². The second-order valence-electron chi connectivity index (χ2n) is 7.67. The van der Waals surface area contributed by atoms with Crippen LogP contribution < -0.4 is 10.2 Å². The first-order chi connectivity index (χ1) is 14.1. The summed E-state index contributed by atoms with van der Waals surface area (Å²) in [6, 6.07) is 5.65. The smallest absolute Gasteiger partial charge is 0.222 e. The maximum absolute atomic E-state index is 13.4. The van der Waals surface area contributed by atoms with Crippen molar-refractivity contribution in [1.82, 2.24) is 9.97 Å². The van der Waals surface area contributed by atoms with Crippen LogP contribution in [-0.2, 0) is 14.6 Å². The number of nitrogens with zero attached hydrogens (tertiary/aromatic N) is 3. The van der Waals surface area contributed by atoms with Crippen LogP contribution in [0.25, 0.3) is 11.1 Å². The van der Waals surface area contributed by atoms with Gasteiger partial charge in [0.15, 0.2) is 9.84 Å². The lowest BCUT2D eigenvalue weighted by atomic mass is 10.0. The molecule has 1 aromatic heterocycles. The number of morpholine rings is 1. The summed E-state index contributed by atoms with van der Waals surface area (Å²) in [4.78, 5) is 11.2. The van der Waals surface area contributed by atoms with Crippen molar-refractivity contribution in [1.29, 1.82) is 0 Å². The first kappa shape index (κ1) is 20.1. The molecule has 4 rings (SSSR count). The summed E-state index contributed by atoms with van der Waals surface area (Å²) in [5.41, 5.74) is 2.54. The average molecular weight is 417 g/mol. The number of ether oxygens (including phenoxy) is 1. The quantitative estimate of drug-likeness (QED) is 0.801. The zero-order chi connectivity index (χ0) is 20.3. The molecule has 7 nitrogen and oxygen atoms in total. The fourth-order valence-corrected chi connectivity index (χ4v) is 6.01. The van der Waals surface area contributed by atoms with Gasteiger partial charge in [-0.05, 0) is 36.6 Å². The maximum atomic E-state index is 13.4. The van der Waals surface area contributed by atoms with Crippen molar-refractivity contribution in [3.63, 3.8) is 0 Å². The fraction of sp³-hybridized carbons (Fsp3) is 0.524. The van der Waals surface area contributed by atoms with Crippen LogP contribution in [0.15, 0.2) is 35.5 Å². The van der Waals surface area contributed by atoms with Crippen molar-refractivity contribution >= 4 is 21.5 Å². The molecular formula is C21H28N4O3S. The van der Waals surface area contributed by atoms with E-state index in [0.29, 0.717) is 24.1 Å². The fourth-order valence-electron chi connectivity index (χ4n) is 4.09. The van der Waals surface area contributed by atoms with Gasteiger partial charge in [0.1, 0.15) is 0 Å². The van der Waals surface area contributed by atoms with Crippen LogP contribution in [0.2, 0.25) is 0 Å². The van der Waals surface area contributed by atoms with Crippen LogP contribution in [0.4, 0.5) is 11.6 Å². The van der Waals surface area contributed by atoms with E-state index >= 15 is 0 Å². The van der Waals surface area contributed by atoms with Gasteiger partial charge in [-0.25, -0.2) is 18.4 Å². The molecule has 1 N–H and O–H groups in total. The van der Waals surface area contributed by atoms with E-state index in [1.54, 1.807) is 25.5 Å². The topological polar surface area (TPSA) is 84.4 Å². The summed E-state index contributed by atoms with van der Waals surface area (Å²) < 4.78 is 32.3. The van der Waals surface area contributed by atoms with Gasteiger partial charge in [-0.3, -0.25) is 0 Å². The molecule has 2 aliphatic rings. The van der Waals surface area contributed by atoms with Crippen LogP contribution in [0, 0.1) is 0 Å². The van der Waals surface area contributed by atoms with E-state index < -0.39 is 9.84 Å². The van der Waals surface area contributed by atoms with Gasteiger partial charge >= 0.3 is 0 Å². The maximum Gasteiger partial charge on any atom is 0.222 e. The first-order valence-corrected chi connectivity index (χ1v) is 11.8. The van der Waals surface area contributed by atoms with Crippen molar-refractivity contribution in [3.8, 4) is 11.1 Å².